The molecule has 2 rings (SSSR count). The van der Waals surface area contributed by atoms with E-state index in [1.54, 1.807) is 11.8 Å². The molecule has 0 aromatic carbocycles. The summed E-state index contributed by atoms with van der Waals surface area (Å²) < 4.78 is 0. The molecule has 2 fully saturated rings. The summed E-state index contributed by atoms with van der Waals surface area (Å²) in [5.41, 5.74) is 10.5. The van der Waals surface area contributed by atoms with Crippen LogP contribution in [0.25, 0.3) is 0 Å². The molecular weight excluding hydrogens is 452 g/mol. The third-order valence-electron chi connectivity index (χ3n) is 5.11. The number of hydrogen-bond acceptors (Lipinski definition) is 4. The highest BCUT2D eigenvalue weighted by atomic mass is 79.9. The number of nitrogens with two attached hydrogens (primary N) is 2. The highest BCUT2D eigenvalue weighted by Crippen LogP contribution is 2.21. The minimum atomic E-state index is -0.486. The van der Waals surface area contributed by atoms with Crippen molar-refractivity contribution in [2.75, 3.05) is 13.1 Å². The van der Waals surface area contributed by atoms with Crippen molar-refractivity contribution < 1.29 is 19.2 Å². The van der Waals surface area contributed by atoms with E-state index in [2.05, 4.69) is 38.5 Å². The minimum Gasteiger partial charge on any atom is -0.368 e. The fourth-order valence-electron chi connectivity index (χ4n) is 3.69. The van der Waals surface area contributed by atoms with Gasteiger partial charge in [0.1, 0.15) is 12.1 Å². The maximum Gasteiger partial charge on any atom is 0.240 e. The Morgan fingerprint density at radius 2 is 1.37 bits per heavy atom. The summed E-state index contributed by atoms with van der Waals surface area (Å²) in [6.07, 6.45) is 1.90. The van der Waals surface area contributed by atoms with Gasteiger partial charge in [0, 0.05) is 53.7 Å². The molecule has 0 aromatic heterocycles. The number of nitrogens with zero attached hydrogens (tertiary/aromatic N) is 2. The first-order valence-electron chi connectivity index (χ1n) is 9.90. The lowest BCUT2D eigenvalue weighted by atomic mass is 10.1. The van der Waals surface area contributed by atoms with E-state index in [0.717, 1.165) is 0 Å². The zero-order valence-electron chi connectivity index (χ0n) is 17.6. The van der Waals surface area contributed by atoms with E-state index in [1.807, 2.05) is 13.8 Å². The molecule has 0 aromatic rings. The van der Waals surface area contributed by atoms with Gasteiger partial charge in [0.15, 0.2) is 0 Å². The van der Waals surface area contributed by atoms with Crippen LogP contribution in [0.3, 0.4) is 0 Å². The van der Waals surface area contributed by atoms with Crippen molar-refractivity contribution in [1.29, 1.82) is 0 Å². The summed E-state index contributed by atoms with van der Waals surface area (Å²) in [5, 5.41) is 0. The van der Waals surface area contributed by atoms with Crippen molar-refractivity contribution in [3.8, 4) is 22.6 Å². The van der Waals surface area contributed by atoms with Crippen LogP contribution in [-0.2, 0) is 19.2 Å². The van der Waals surface area contributed by atoms with Crippen LogP contribution in [0.5, 0.6) is 0 Å². The molecule has 0 aliphatic carbocycles. The topological polar surface area (TPSA) is 127 Å². The van der Waals surface area contributed by atoms with Crippen LogP contribution in [0, 0.1) is 34.4 Å². The summed E-state index contributed by atoms with van der Waals surface area (Å²) in [6.45, 7) is 6.46. The third kappa shape index (κ3) is 6.77. The van der Waals surface area contributed by atoms with Crippen molar-refractivity contribution in [3.05, 3.63) is 0 Å². The van der Waals surface area contributed by atoms with Crippen molar-refractivity contribution in [2.45, 2.75) is 58.5 Å². The molecule has 164 valence electrons. The Morgan fingerprint density at radius 1 is 0.967 bits per heavy atom. The standard InChI is InChI=1S/C11H16N2O2.C10H13BrN2O2/c1-3-5-8-6-10(14)13(7-8)9(4-2)11(12)15;1-2-8(10(12)15)13-6-7(3-4-11)5-9(13)14/h8-9H,4,6-7H2,1-2H3,(H2,12,15);7-8H,2,5-6H2,1H3,(H2,12,15). The largest absolute Gasteiger partial charge is 0.368 e. The highest BCUT2D eigenvalue weighted by molar-refractivity contribution is 9.12. The van der Waals surface area contributed by atoms with E-state index >= 15 is 0 Å². The molecule has 2 aliphatic rings. The van der Waals surface area contributed by atoms with Crippen LogP contribution in [0.1, 0.15) is 46.5 Å². The molecule has 30 heavy (non-hydrogen) atoms. The number of primary amides is 2. The van der Waals surface area contributed by atoms with Gasteiger partial charge in [0.05, 0.1) is 0 Å². The third-order valence-corrected chi connectivity index (χ3v) is 5.34. The number of carbonyl (C=O) groups excluding carboxylic acids is 4. The maximum atomic E-state index is 11.6. The fraction of sp³-hybridized carbons (Fsp3) is 0.619. The monoisotopic (exact) mass is 480 g/mol. The van der Waals surface area contributed by atoms with Gasteiger partial charge >= 0.3 is 0 Å². The zero-order chi connectivity index (χ0) is 22.8. The number of amides is 4. The average Bonchev–Trinajstić information content (AvgIpc) is 3.20. The van der Waals surface area contributed by atoms with E-state index in [0.29, 0.717) is 38.8 Å². The maximum absolute atomic E-state index is 11.6. The van der Waals surface area contributed by atoms with Crippen LogP contribution in [-0.4, -0.2) is 58.6 Å². The highest BCUT2D eigenvalue weighted by Gasteiger charge is 2.36. The predicted octanol–water partition coefficient (Wildman–Crippen LogP) is 0.577. The lowest BCUT2D eigenvalue weighted by Crippen LogP contribution is -2.45. The van der Waals surface area contributed by atoms with Crippen LogP contribution in [0.2, 0.25) is 0 Å². The molecule has 0 bridgehead atoms. The van der Waals surface area contributed by atoms with Gasteiger partial charge in [-0.15, -0.1) is 5.92 Å². The normalized spacial score (nSPS) is 22.1. The molecular formula is C21H29BrN4O4. The number of rotatable bonds is 6. The zero-order valence-corrected chi connectivity index (χ0v) is 19.2. The Kier molecular flexibility index (Phi) is 10.4. The van der Waals surface area contributed by atoms with Gasteiger partial charge < -0.3 is 21.3 Å². The molecule has 4 amide bonds. The van der Waals surface area contributed by atoms with Crippen molar-refractivity contribution in [2.24, 2.45) is 23.3 Å². The average molecular weight is 481 g/mol. The first kappa shape index (κ1) is 25.5. The first-order chi connectivity index (χ1) is 14.2. The Balaban J connectivity index is 0.000000300. The summed E-state index contributed by atoms with van der Waals surface area (Å²) >= 11 is 3.00. The van der Waals surface area contributed by atoms with Gasteiger partial charge in [-0.1, -0.05) is 25.7 Å². The predicted molar refractivity (Wildman–Crippen MR) is 116 cm³/mol. The first-order valence-corrected chi connectivity index (χ1v) is 10.7. The number of halogens is 1. The molecule has 2 aliphatic heterocycles. The number of likely N-dealkylation sites (tertiary alicyclic amines) is 2. The van der Waals surface area contributed by atoms with Crippen LogP contribution in [0.15, 0.2) is 0 Å². The lowest BCUT2D eigenvalue weighted by molar-refractivity contribution is -0.136. The molecule has 0 saturated carbocycles. The SMILES string of the molecule is CC#CC1CC(=O)N(C(CC)C(N)=O)C1.CCC(C(N)=O)N1CC(C#CBr)CC1=O. The number of carbonyl (C=O) groups is 4. The fourth-order valence-corrected chi connectivity index (χ4v) is 4.01. The van der Waals surface area contributed by atoms with Gasteiger partial charge in [0.2, 0.25) is 23.6 Å². The number of hydrogen-bond donors (Lipinski definition) is 2. The van der Waals surface area contributed by atoms with Crippen molar-refractivity contribution in [1.82, 2.24) is 9.80 Å². The van der Waals surface area contributed by atoms with E-state index in [1.165, 1.54) is 4.90 Å². The molecule has 0 radical (unpaired) electrons. The van der Waals surface area contributed by atoms with Gasteiger partial charge in [0.25, 0.3) is 0 Å². The van der Waals surface area contributed by atoms with Crippen LogP contribution in [0.4, 0.5) is 0 Å². The summed E-state index contributed by atoms with van der Waals surface area (Å²) in [5.74, 6) is 7.74. The second kappa shape index (κ2) is 12.2. The quantitative estimate of drug-likeness (QED) is 0.538. The van der Waals surface area contributed by atoms with E-state index in [-0.39, 0.29) is 23.7 Å². The van der Waals surface area contributed by atoms with Gasteiger partial charge in [-0.25, -0.2) is 0 Å². The smallest absolute Gasteiger partial charge is 0.240 e. The minimum absolute atomic E-state index is 0.00488. The summed E-state index contributed by atoms with van der Waals surface area (Å²) in [6, 6.07) is -0.958. The molecule has 9 heteroatoms. The van der Waals surface area contributed by atoms with E-state index in [9.17, 15) is 19.2 Å². The molecule has 0 spiro atoms. The molecule has 2 heterocycles. The van der Waals surface area contributed by atoms with E-state index in [4.69, 9.17) is 11.5 Å². The molecule has 8 nitrogen and oxygen atoms in total. The van der Waals surface area contributed by atoms with Crippen LogP contribution >= 0.6 is 15.9 Å². The van der Waals surface area contributed by atoms with Crippen molar-refractivity contribution in [3.63, 3.8) is 0 Å². The van der Waals surface area contributed by atoms with Gasteiger partial charge in [-0.3, -0.25) is 19.2 Å². The Morgan fingerprint density at radius 3 is 1.67 bits per heavy atom. The Hall–Kier alpha value is -2.52. The lowest BCUT2D eigenvalue weighted by Gasteiger charge is -2.23. The van der Waals surface area contributed by atoms with E-state index < -0.39 is 23.9 Å². The molecule has 4 atom stereocenters. The molecule has 4 unspecified atom stereocenters. The Bertz CT molecular complexity index is 726. The molecule has 2 saturated heterocycles. The molecule has 4 N–H and O–H groups in total. The van der Waals surface area contributed by atoms with Gasteiger partial charge in [-0.2, -0.15) is 0 Å². The Labute approximate surface area is 186 Å². The van der Waals surface area contributed by atoms with Gasteiger partial charge in [-0.05, 0) is 24.6 Å². The second-order valence-corrected chi connectivity index (χ2v) is 7.58. The van der Waals surface area contributed by atoms with Crippen LogP contribution < -0.4 is 11.5 Å². The summed E-state index contributed by atoms with van der Waals surface area (Å²) in [4.78, 5) is 51.1. The second-order valence-electron chi connectivity index (χ2n) is 7.18. The summed E-state index contributed by atoms with van der Waals surface area (Å²) in [7, 11) is 0. The van der Waals surface area contributed by atoms with Crippen molar-refractivity contribution >= 4 is 39.6 Å².